The van der Waals surface area contributed by atoms with E-state index in [9.17, 15) is 4.79 Å². The van der Waals surface area contributed by atoms with Crippen LogP contribution in [0.1, 0.15) is 29.3 Å². The molecular weight excluding hydrogens is 214 g/mol. The maximum atomic E-state index is 11.5. The molecule has 1 aromatic rings. The lowest BCUT2D eigenvalue weighted by molar-refractivity contribution is -0.182. The number of piperidine rings is 1. The molecule has 0 aromatic heterocycles. The van der Waals surface area contributed by atoms with Gasteiger partial charge in [0.15, 0.2) is 5.78 Å². The van der Waals surface area contributed by atoms with Crippen molar-refractivity contribution in [2.45, 2.75) is 32.1 Å². The Balaban J connectivity index is 1.74. The third kappa shape index (κ3) is 2.13. The zero-order chi connectivity index (χ0) is 11.8. The number of carbonyl (C=O) groups excluding carboxylic acids is 1. The SMILES string of the molecule is CC(=O)c1ccccc1CN1CC2CC(C1)O2. The number of nitrogens with zero attached hydrogens (tertiary/aromatic N) is 1. The van der Waals surface area contributed by atoms with Gasteiger partial charge in [0, 0.05) is 31.6 Å². The van der Waals surface area contributed by atoms with E-state index in [1.807, 2.05) is 18.2 Å². The molecule has 0 radical (unpaired) electrons. The number of benzene rings is 1. The van der Waals surface area contributed by atoms with E-state index in [4.69, 9.17) is 4.74 Å². The third-order valence-corrected chi connectivity index (χ3v) is 3.62. The molecule has 1 aromatic carbocycles. The highest BCUT2D eigenvalue weighted by Gasteiger charge is 2.38. The van der Waals surface area contributed by atoms with Gasteiger partial charge in [-0.05, 0) is 12.5 Å². The molecule has 4 rings (SSSR count). The van der Waals surface area contributed by atoms with Crippen molar-refractivity contribution in [3.05, 3.63) is 35.4 Å². The summed E-state index contributed by atoms with van der Waals surface area (Å²) in [4.78, 5) is 13.9. The summed E-state index contributed by atoms with van der Waals surface area (Å²) in [5, 5.41) is 0. The van der Waals surface area contributed by atoms with Gasteiger partial charge in [-0.3, -0.25) is 9.69 Å². The molecule has 90 valence electrons. The van der Waals surface area contributed by atoms with E-state index in [1.54, 1.807) is 6.92 Å². The van der Waals surface area contributed by atoms with Crippen LogP contribution in [0.2, 0.25) is 0 Å². The molecule has 0 N–H and O–H groups in total. The van der Waals surface area contributed by atoms with Gasteiger partial charge in [0.05, 0.1) is 12.2 Å². The predicted molar refractivity (Wildman–Crippen MR) is 65.0 cm³/mol. The topological polar surface area (TPSA) is 29.5 Å². The van der Waals surface area contributed by atoms with Gasteiger partial charge in [-0.2, -0.15) is 0 Å². The Hall–Kier alpha value is -1.19. The minimum absolute atomic E-state index is 0.152. The summed E-state index contributed by atoms with van der Waals surface area (Å²) < 4.78 is 5.61. The van der Waals surface area contributed by atoms with E-state index in [-0.39, 0.29) is 5.78 Å². The summed E-state index contributed by atoms with van der Waals surface area (Å²) in [5.74, 6) is 0.152. The average molecular weight is 231 g/mol. The Morgan fingerprint density at radius 2 is 2.00 bits per heavy atom. The Labute approximate surface area is 101 Å². The first-order valence-electron chi connectivity index (χ1n) is 6.19. The second kappa shape index (κ2) is 4.24. The second-order valence-corrected chi connectivity index (χ2v) is 5.02. The molecule has 0 aliphatic carbocycles. The van der Waals surface area contributed by atoms with Gasteiger partial charge < -0.3 is 4.74 Å². The van der Waals surface area contributed by atoms with Crippen molar-refractivity contribution in [3.63, 3.8) is 0 Å². The van der Waals surface area contributed by atoms with Crippen molar-refractivity contribution in [2.75, 3.05) is 13.1 Å². The highest BCUT2D eigenvalue weighted by atomic mass is 16.5. The van der Waals surface area contributed by atoms with Gasteiger partial charge >= 0.3 is 0 Å². The van der Waals surface area contributed by atoms with Crippen molar-refractivity contribution in [1.82, 2.24) is 4.90 Å². The van der Waals surface area contributed by atoms with Crippen LogP contribution >= 0.6 is 0 Å². The molecule has 3 nitrogen and oxygen atoms in total. The molecule has 3 fully saturated rings. The molecule has 2 bridgehead atoms. The van der Waals surface area contributed by atoms with Crippen LogP contribution in [-0.2, 0) is 11.3 Å². The fraction of sp³-hybridized carbons (Fsp3) is 0.500. The van der Waals surface area contributed by atoms with Crippen LogP contribution in [0.3, 0.4) is 0 Å². The molecular formula is C14H17NO2. The lowest BCUT2D eigenvalue weighted by Crippen LogP contribution is -2.56. The van der Waals surface area contributed by atoms with Crippen LogP contribution in [0.15, 0.2) is 24.3 Å². The highest BCUT2D eigenvalue weighted by molar-refractivity contribution is 5.95. The van der Waals surface area contributed by atoms with Crippen molar-refractivity contribution >= 4 is 5.78 Å². The van der Waals surface area contributed by atoms with Crippen LogP contribution in [-0.4, -0.2) is 36.0 Å². The van der Waals surface area contributed by atoms with Crippen molar-refractivity contribution < 1.29 is 9.53 Å². The predicted octanol–water partition coefficient (Wildman–Crippen LogP) is 1.86. The molecule has 2 atom stereocenters. The van der Waals surface area contributed by atoms with Crippen LogP contribution in [0.25, 0.3) is 0 Å². The molecule has 0 spiro atoms. The maximum Gasteiger partial charge on any atom is 0.160 e. The molecule has 0 saturated carbocycles. The van der Waals surface area contributed by atoms with Crippen LogP contribution < -0.4 is 0 Å². The van der Waals surface area contributed by atoms with Crippen LogP contribution in [0.5, 0.6) is 0 Å². The lowest BCUT2D eigenvalue weighted by atomic mass is 9.97. The summed E-state index contributed by atoms with van der Waals surface area (Å²) in [6, 6.07) is 7.90. The summed E-state index contributed by atoms with van der Waals surface area (Å²) in [7, 11) is 0. The number of Topliss-reactive ketones (excluding diaryl/α,β-unsaturated/α-hetero) is 1. The Kier molecular flexibility index (Phi) is 2.73. The highest BCUT2D eigenvalue weighted by Crippen LogP contribution is 2.29. The first-order valence-corrected chi connectivity index (χ1v) is 6.19. The number of hydrogen-bond donors (Lipinski definition) is 0. The van der Waals surface area contributed by atoms with Crippen LogP contribution in [0, 0.1) is 0 Å². The molecule has 3 heterocycles. The van der Waals surface area contributed by atoms with Gasteiger partial charge in [0.25, 0.3) is 0 Å². The first kappa shape index (κ1) is 10.9. The number of hydrogen-bond acceptors (Lipinski definition) is 3. The van der Waals surface area contributed by atoms with E-state index in [0.29, 0.717) is 12.2 Å². The number of carbonyl (C=O) groups is 1. The average Bonchev–Trinajstić information content (AvgIpc) is 2.28. The lowest BCUT2D eigenvalue weighted by Gasteiger charge is -2.47. The second-order valence-electron chi connectivity index (χ2n) is 5.02. The van der Waals surface area contributed by atoms with Gasteiger partial charge in [-0.25, -0.2) is 0 Å². The molecule has 0 amide bonds. The van der Waals surface area contributed by atoms with E-state index in [2.05, 4.69) is 11.0 Å². The smallest absolute Gasteiger partial charge is 0.160 e. The normalized spacial score (nSPS) is 27.6. The summed E-state index contributed by atoms with van der Waals surface area (Å²) >= 11 is 0. The van der Waals surface area contributed by atoms with E-state index < -0.39 is 0 Å². The first-order chi connectivity index (χ1) is 8.22. The molecule has 3 aliphatic heterocycles. The monoisotopic (exact) mass is 231 g/mol. The number of ether oxygens (including phenoxy) is 1. The number of morpholine rings is 1. The summed E-state index contributed by atoms with van der Waals surface area (Å²) in [5.41, 5.74) is 1.99. The number of ketones is 1. The fourth-order valence-corrected chi connectivity index (χ4v) is 2.81. The number of rotatable bonds is 3. The zero-order valence-corrected chi connectivity index (χ0v) is 10.1. The van der Waals surface area contributed by atoms with Gasteiger partial charge in [0.1, 0.15) is 0 Å². The zero-order valence-electron chi connectivity index (χ0n) is 10.1. The largest absolute Gasteiger partial charge is 0.372 e. The standard InChI is InChI=1S/C14H17NO2/c1-10(16)14-5-3-2-4-11(14)7-15-8-12-6-13(9-15)17-12/h2-5,12-13H,6-9H2,1H3. The minimum atomic E-state index is 0.152. The Morgan fingerprint density at radius 1 is 1.35 bits per heavy atom. The quantitative estimate of drug-likeness (QED) is 0.744. The molecule has 2 unspecified atom stereocenters. The minimum Gasteiger partial charge on any atom is -0.372 e. The van der Waals surface area contributed by atoms with Crippen molar-refractivity contribution in [3.8, 4) is 0 Å². The molecule has 3 aliphatic rings. The van der Waals surface area contributed by atoms with E-state index >= 15 is 0 Å². The van der Waals surface area contributed by atoms with Crippen molar-refractivity contribution in [2.24, 2.45) is 0 Å². The summed E-state index contributed by atoms with van der Waals surface area (Å²) in [6.45, 7) is 4.51. The van der Waals surface area contributed by atoms with Gasteiger partial charge in [0.2, 0.25) is 0 Å². The molecule has 17 heavy (non-hydrogen) atoms. The van der Waals surface area contributed by atoms with E-state index in [1.165, 1.54) is 6.42 Å². The maximum absolute atomic E-state index is 11.5. The Morgan fingerprint density at radius 3 is 2.65 bits per heavy atom. The summed E-state index contributed by atoms with van der Waals surface area (Å²) in [6.07, 6.45) is 2.07. The fourth-order valence-electron chi connectivity index (χ4n) is 2.81. The van der Waals surface area contributed by atoms with Crippen molar-refractivity contribution in [1.29, 1.82) is 0 Å². The van der Waals surface area contributed by atoms with E-state index in [0.717, 1.165) is 30.8 Å². The third-order valence-electron chi connectivity index (χ3n) is 3.62. The van der Waals surface area contributed by atoms with Gasteiger partial charge in [-0.1, -0.05) is 24.3 Å². The van der Waals surface area contributed by atoms with Gasteiger partial charge in [-0.15, -0.1) is 0 Å². The van der Waals surface area contributed by atoms with Crippen LogP contribution in [0.4, 0.5) is 0 Å². The number of fused-ring (bicyclic) bond motifs is 2. The molecule has 3 heteroatoms. The molecule has 3 saturated heterocycles. The Bertz CT molecular complexity index is 428.